The number of hydrogen-bond donors (Lipinski definition) is 1. The van der Waals surface area contributed by atoms with E-state index in [1.165, 1.54) is 0 Å². The number of pyridine rings is 1. The van der Waals surface area contributed by atoms with Gasteiger partial charge in [-0.2, -0.15) is 0 Å². The molecule has 0 saturated heterocycles. The zero-order valence-corrected chi connectivity index (χ0v) is 11.8. The van der Waals surface area contributed by atoms with Gasteiger partial charge in [-0.05, 0) is 28.8 Å². The summed E-state index contributed by atoms with van der Waals surface area (Å²) < 4.78 is 2.25. The molecule has 1 aromatic heterocycles. The van der Waals surface area contributed by atoms with Crippen LogP contribution in [0.15, 0.2) is 15.5 Å². The van der Waals surface area contributed by atoms with Gasteiger partial charge < -0.3 is 9.98 Å². The van der Waals surface area contributed by atoms with E-state index in [2.05, 4.69) is 15.9 Å². The predicted octanol–water partition coefficient (Wildman–Crippen LogP) is 3.48. The lowest BCUT2D eigenvalue weighted by Crippen LogP contribution is -2.28. The van der Waals surface area contributed by atoms with Gasteiger partial charge in [-0.1, -0.05) is 25.4 Å². The number of nitrogens with zero attached hydrogens (tertiary/aromatic N) is 1. The van der Waals surface area contributed by atoms with Gasteiger partial charge in [0.1, 0.15) is 0 Å². The Kier molecular flexibility index (Phi) is 4.33. The average molecular weight is 306 g/mol. The highest BCUT2D eigenvalue weighted by Crippen LogP contribution is 2.25. The van der Waals surface area contributed by atoms with Crippen LogP contribution in [0.5, 0.6) is 0 Å². The lowest BCUT2D eigenvalue weighted by molar-refractivity contribution is 0.397. The van der Waals surface area contributed by atoms with Crippen molar-refractivity contribution in [3.8, 4) is 0 Å². The zero-order chi connectivity index (χ0) is 12.5. The first-order valence-electron chi connectivity index (χ1n) is 5.00. The summed E-state index contributed by atoms with van der Waals surface area (Å²) in [5, 5.41) is 7.52. The molecule has 0 amide bonds. The topological polar surface area (TPSA) is 45.9 Å². The summed E-state index contributed by atoms with van der Waals surface area (Å²) in [6.45, 7) is 6.06. The van der Waals surface area contributed by atoms with Crippen molar-refractivity contribution in [1.29, 1.82) is 5.41 Å². The van der Waals surface area contributed by atoms with Crippen LogP contribution in [-0.2, 0) is 0 Å². The fourth-order valence-corrected chi connectivity index (χ4v) is 1.97. The summed E-state index contributed by atoms with van der Waals surface area (Å²) in [4.78, 5) is 12.0. The second kappa shape index (κ2) is 5.15. The Balaban J connectivity index is 3.49. The van der Waals surface area contributed by atoms with Gasteiger partial charge >= 0.3 is 0 Å². The molecule has 1 N–H and O–H groups in total. The van der Waals surface area contributed by atoms with Crippen LogP contribution in [-0.4, -0.2) is 10.8 Å². The first-order valence-corrected chi connectivity index (χ1v) is 6.17. The van der Waals surface area contributed by atoms with E-state index in [0.29, 0.717) is 15.4 Å². The molecule has 16 heavy (non-hydrogen) atoms. The minimum absolute atomic E-state index is 0.0692. The standard InChI is InChI=1S/C11H14BrClN2O/c1-6(2)7(3)15-5-9(12)10(13)8(4-14)11(15)16/h4-7,14H,1-3H3/t7-/m0/s1. The Morgan fingerprint density at radius 2 is 2.06 bits per heavy atom. The maximum atomic E-state index is 12.0. The quantitative estimate of drug-likeness (QED) is 0.854. The lowest BCUT2D eigenvalue weighted by Gasteiger charge is -2.20. The molecular weight excluding hydrogens is 291 g/mol. The zero-order valence-electron chi connectivity index (χ0n) is 9.42. The molecule has 0 bridgehead atoms. The van der Waals surface area contributed by atoms with Crippen LogP contribution in [0, 0.1) is 11.3 Å². The van der Waals surface area contributed by atoms with Crippen LogP contribution in [0.2, 0.25) is 5.02 Å². The van der Waals surface area contributed by atoms with E-state index < -0.39 is 0 Å². The second-order valence-electron chi connectivity index (χ2n) is 4.05. The van der Waals surface area contributed by atoms with Crippen LogP contribution < -0.4 is 5.56 Å². The van der Waals surface area contributed by atoms with E-state index in [4.69, 9.17) is 17.0 Å². The van der Waals surface area contributed by atoms with Crippen molar-refractivity contribution in [2.24, 2.45) is 5.92 Å². The first kappa shape index (κ1) is 13.5. The van der Waals surface area contributed by atoms with Crippen molar-refractivity contribution in [1.82, 2.24) is 4.57 Å². The van der Waals surface area contributed by atoms with Crippen LogP contribution >= 0.6 is 27.5 Å². The van der Waals surface area contributed by atoms with E-state index in [0.717, 1.165) is 6.21 Å². The number of rotatable bonds is 3. The third kappa shape index (κ3) is 2.38. The largest absolute Gasteiger partial charge is 0.311 e. The molecule has 0 spiro atoms. The van der Waals surface area contributed by atoms with Crippen molar-refractivity contribution in [3.63, 3.8) is 0 Å². The fraction of sp³-hybridized carbons (Fsp3) is 0.455. The molecule has 1 rings (SSSR count). The molecule has 1 heterocycles. The summed E-state index contributed by atoms with van der Waals surface area (Å²) in [5.41, 5.74) is 0.00735. The third-order valence-electron chi connectivity index (χ3n) is 2.71. The van der Waals surface area contributed by atoms with Gasteiger partial charge in [-0.15, -0.1) is 0 Å². The van der Waals surface area contributed by atoms with Crippen LogP contribution in [0.1, 0.15) is 32.4 Å². The lowest BCUT2D eigenvalue weighted by atomic mass is 10.1. The average Bonchev–Trinajstić information content (AvgIpc) is 2.23. The van der Waals surface area contributed by atoms with Gasteiger partial charge in [0, 0.05) is 18.5 Å². The van der Waals surface area contributed by atoms with Gasteiger partial charge in [0.05, 0.1) is 15.1 Å². The van der Waals surface area contributed by atoms with Crippen molar-refractivity contribution in [2.45, 2.75) is 26.8 Å². The molecule has 88 valence electrons. The highest BCUT2D eigenvalue weighted by Gasteiger charge is 2.16. The van der Waals surface area contributed by atoms with Crippen molar-refractivity contribution in [3.05, 3.63) is 31.6 Å². The summed E-state index contributed by atoms with van der Waals surface area (Å²) in [5.74, 6) is 0.337. The maximum Gasteiger partial charge on any atom is 0.261 e. The first-order chi connectivity index (χ1) is 7.40. The van der Waals surface area contributed by atoms with E-state index >= 15 is 0 Å². The van der Waals surface area contributed by atoms with Crippen molar-refractivity contribution < 1.29 is 0 Å². The summed E-state index contributed by atoms with van der Waals surface area (Å²) in [6.07, 6.45) is 2.68. The molecule has 0 saturated carbocycles. The SMILES string of the molecule is CC(C)[C@H](C)n1cc(Br)c(Cl)c(C=N)c1=O. The predicted molar refractivity (Wildman–Crippen MR) is 70.8 cm³/mol. The number of nitrogens with one attached hydrogen (secondary N) is 1. The summed E-state index contributed by atoms with van der Waals surface area (Å²) in [6, 6.07) is 0.0692. The molecule has 0 unspecified atom stereocenters. The Hall–Kier alpha value is -0.610. The van der Waals surface area contributed by atoms with E-state index in [1.807, 2.05) is 20.8 Å². The Morgan fingerprint density at radius 1 is 1.50 bits per heavy atom. The molecule has 1 aromatic rings. The number of hydrogen-bond acceptors (Lipinski definition) is 2. The molecule has 0 fully saturated rings. The molecule has 1 atom stereocenters. The summed E-state index contributed by atoms with van der Waals surface area (Å²) in [7, 11) is 0. The van der Waals surface area contributed by atoms with Crippen LogP contribution in [0.4, 0.5) is 0 Å². The molecular formula is C11H14BrClN2O. The second-order valence-corrected chi connectivity index (χ2v) is 5.28. The Labute approximate surface area is 108 Å². The molecule has 3 nitrogen and oxygen atoms in total. The van der Waals surface area contributed by atoms with Gasteiger partial charge in [-0.3, -0.25) is 4.79 Å². The highest BCUT2D eigenvalue weighted by atomic mass is 79.9. The van der Waals surface area contributed by atoms with Crippen molar-refractivity contribution >= 4 is 33.7 Å². The Bertz CT molecular complexity index is 468. The monoisotopic (exact) mass is 304 g/mol. The molecule has 5 heteroatoms. The molecule has 0 radical (unpaired) electrons. The maximum absolute atomic E-state index is 12.0. The van der Waals surface area contributed by atoms with E-state index in [1.54, 1.807) is 10.8 Å². The van der Waals surface area contributed by atoms with Gasteiger partial charge in [0.15, 0.2) is 0 Å². The minimum Gasteiger partial charge on any atom is -0.311 e. The van der Waals surface area contributed by atoms with Crippen LogP contribution in [0.25, 0.3) is 0 Å². The van der Waals surface area contributed by atoms with Gasteiger partial charge in [-0.25, -0.2) is 0 Å². The molecule has 0 aliphatic rings. The van der Waals surface area contributed by atoms with Crippen molar-refractivity contribution in [2.75, 3.05) is 0 Å². The fourth-order valence-electron chi connectivity index (χ4n) is 1.35. The highest BCUT2D eigenvalue weighted by molar-refractivity contribution is 9.10. The summed E-state index contributed by atoms with van der Waals surface area (Å²) >= 11 is 9.24. The van der Waals surface area contributed by atoms with E-state index in [-0.39, 0.29) is 17.2 Å². The number of aromatic nitrogens is 1. The number of halogens is 2. The van der Waals surface area contributed by atoms with Crippen LogP contribution in [0.3, 0.4) is 0 Å². The minimum atomic E-state index is -0.218. The normalized spacial score (nSPS) is 12.9. The van der Waals surface area contributed by atoms with E-state index in [9.17, 15) is 4.79 Å². The van der Waals surface area contributed by atoms with Gasteiger partial charge in [0.2, 0.25) is 0 Å². The molecule has 0 aliphatic carbocycles. The molecule has 0 aliphatic heterocycles. The smallest absolute Gasteiger partial charge is 0.261 e. The molecule has 0 aromatic carbocycles. The van der Waals surface area contributed by atoms with Gasteiger partial charge in [0.25, 0.3) is 5.56 Å². The third-order valence-corrected chi connectivity index (χ3v) is 3.95. The Morgan fingerprint density at radius 3 is 2.50 bits per heavy atom.